The predicted octanol–water partition coefficient (Wildman–Crippen LogP) is 8.40. The normalized spacial score (nSPS) is 11.3. The fourth-order valence-electron chi connectivity index (χ4n) is 5.47. The Hall–Kier alpha value is -6.01. The van der Waals surface area contributed by atoms with E-state index in [4.69, 9.17) is 15.0 Å². The van der Waals surface area contributed by atoms with Crippen molar-refractivity contribution in [3.63, 3.8) is 0 Å². The third-order valence-electron chi connectivity index (χ3n) is 7.58. The minimum Gasteiger partial charge on any atom is -0.299 e. The number of hydrogen-bond donors (Lipinski definition) is 0. The zero-order valence-electron chi connectivity index (χ0n) is 23.0. The number of benzene rings is 2. The Morgan fingerprint density at radius 2 is 1.09 bits per heavy atom. The zero-order chi connectivity index (χ0) is 28.6. The highest BCUT2D eigenvalue weighted by molar-refractivity contribution is 5.88. The van der Waals surface area contributed by atoms with E-state index in [1.165, 1.54) is 0 Å². The Morgan fingerprint density at radius 1 is 0.442 bits per heavy atom. The summed E-state index contributed by atoms with van der Waals surface area (Å²) >= 11 is 0. The Balaban J connectivity index is 1.25. The molecule has 0 unspecified atom stereocenters. The lowest BCUT2D eigenvalue weighted by atomic mass is 9.99. The first kappa shape index (κ1) is 24.8. The number of rotatable bonds is 5. The molecule has 202 valence electrons. The maximum atomic E-state index is 5.02. The molecule has 6 aromatic heterocycles. The van der Waals surface area contributed by atoms with E-state index in [1.54, 1.807) is 12.4 Å². The second-order valence-electron chi connectivity index (χ2n) is 10.3. The van der Waals surface area contributed by atoms with Crippen molar-refractivity contribution in [2.45, 2.75) is 0 Å². The van der Waals surface area contributed by atoms with E-state index in [0.717, 1.165) is 73.0 Å². The van der Waals surface area contributed by atoms with Gasteiger partial charge in [0.1, 0.15) is 11.3 Å². The molecule has 8 rings (SSSR count). The van der Waals surface area contributed by atoms with Crippen molar-refractivity contribution in [2.24, 2.45) is 0 Å². The fourth-order valence-corrected chi connectivity index (χ4v) is 5.47. The summed E-state index contributed by atoms with van der Waals surface area (Å²) in [5, 5.41) is 2.24. The van der Waals surface area contributed by atoms with Crippen LogP contribution in [0.15, 0.2) is 146 Å². The van der Waals surface area contributed by atoms with Crippen LogP contribution in [-0.4, -0.2) is 29.3 Å². The van der Waals surface area contributed by atoms with Gasteiger partial charge in [0, 0.05) is 35.7 Å². The Bertz CT molecular complexity index is 2170. The Kier molecular flexibility index (Phi) is 6.01. The SMILES string of the molecule is c1ccc(-c2cc(-c3ccc(-c4c(-c5cc6ccccc6cn5)nc5ccccn45)cc3)cc(-c3ccccn3)n2)nc1. The van der Waals surface area contributed by atoms with E-state index in [1.807, 2.05) is 72.9 Å². The monoisotopic (exact) mass is 552 g/mol. The van der Waals surface area contributed by atoms with Crippen LogP contribution in [0.3, 0.4) is 0 Å². The smallest absolute Gasteiger partial charge is 0.138 e. The summed E-state index contributed by atoms with van der Waals surface area (Å²) in [6.07, 6.45) is 7.55. The van der Waals surface area contributed by atoms with E-state index in [2.05, 4.69) is 75.2 Å². The minimum absolute atomic E-state index is 0.800. The van der Waals surface area contributed by atoms with Gasteiger partial charge in [-0.1, -0.05) is 66.7 Å². The number of aromatic nitrogens is 6. The molecule has 2 aromatic carbocycles. The summed E-state index contributed by atoms with van der Waals surface area (Å²) in [6.45, 7) is 0. The highest BCUT2D eigenvalue weighted by atomic mass is 15.0. The third kappa shape index (κ3) is 4.61. The number of fused-ring (bicyclic) bond motifs is 2. The van der Waals surface area contributed by atoms with Gasteiger partial charge in [-0.15, -0.1) is 0 Å². The molecular formula is C37H24N6. The van der Waals surface area contributed by atoms with E-state index >= 15 is 0 Å². The van der Waals surface area contributed by atoms with Crippen LogP contribution in [0.2, 0.25) is 0 Å². The molecule has 6 nitrogen and oxygen atoms in total. The first-order valence-electron chi connectivity index (χ1n) is 14.1. The molecule has 0 radical (unpaired) electrons. The summed E-state index contributed by atoms with van der Waals surface area (Å²) in [6, 6.07) is 40.9. The third-order valence-corrected chi connectivity index (χ3v) is 7.58. The van der Waals surface area contributed by atoms with Gasteiger partial charge in [0.2, 0.25) is 0 Å². The molecule has 6 heteroatoms. The molecule has 43 heavy (non-hydrogen) atoms. The molecular weight excluding hydrogens is 528 g/mol. The zero-order valence-corrected chi connectivity index (χ0v) is 23.0. The van der Waals surface area contributed by atoms with Crippen LogP contribution in [-0.2, 0) is 0 Å². The maximum Gasteiger partial charge on any atom is 0.138 e. The fraction of sp³-hybridized carbons (Fsp3) is 0. The van der Waals surface area contributed by atoms with E-state index in [-0.39, 0.29) is 0 Å². The molecule has 0 aliphatic carbocycles. The van der Waals surface area contributed by atoms with Crippen molar-refractivity contribution in [3.8, 4) is 56.5 Å². The second kappa shape index (κ2) is 10.4. The number of imidazole rings is 1. The van der Waals surface area contributed by atoms with Gasteiger partial charge in [0.25, 0.3) is 0 Å². The molecule has 0 aliphatic heterocycles. The average molecular weight is 553 g/mol. The van der Waals surface area contributed by atoms with Crippen LogP contribution in [0.4, 0.5) is 0 Å². The van der Waals surface area contributed by atoms with Crippen LogP contribution in [0.5, 0.6) is 0 Å². The lowest BCUT2D eigenvalue weighted by molar-refractivity contribution is 1.19. The van der Waals surface area contributed by atoms with Gasteiger partial charge < -0.3 is 0 Å². The Morgan fingerprint density at radius 3 is 1.79 bits per heavy atom. The largest absolute Gasteiger partial charge is 0.299 e. The van der Waals surface area contributed by atoms with Crippen LogP contribution in [0, 0.1) is 0 Å². The average Bonchev–Trinajstić information content (AvgIpc) is 3.48. The lowest BCUT2D eigenvalue weighted by Gasteiger charge is -2.11. The van der Waals surface area contributed by atoms with Gasteiger partial charge in [-0.25, -0.2) is 9.97 Å². The van der Waals surface area contributed by atoms with E-state index in [9.17, 15) is 0 Å². The number of nitrogens with zero attached hydrogens (tertiary/aromatic N) is 6. The molecule has 0 amide bonds. The number of pyridine rings is 5. The lowest BCUT2D eigenvalue weighted by Crippen LogP contribution is -1.94. The van der Waals surface area contributed by atoms with E-state index < -0.39 is 0 Å². The first-order chi connectivity index (χ1) is 21.3. The van der Waals surface area contributed by atoms with Crippen LogP contribution < -0.4 is 0 Å². The van der Waals surface area contributed by atoms with Crippen molar-refractivity contribution in [2.75, 3.05) is 0 Å². The molecule has 0 bridgehead atoms. The van der Waals surface area contributed by atoms with Gasteiger partial charge >= 0.3 is 0 Å². The maximum absolute atomic E-state index is 5.02. The molecule has 0 saturated heterocycles. The van der Waals surface area contributed by atoms with Gasteiger partial charge in [-0.2, -0.15) is 0 Å². The molecule has 0 spiro atoms. The first-order valence-corrected chi connectivity index (χ1v) is 14.1. The molecule has 8 aromatic rings. The Labute approximate surface area is 248 Å². The molecule has 0 aliphatic rings. The van der Waals surface area contributed by atoms with Crippen molar-refractivity contribution in [1.29, 1.82) is 0 Å². The van der Waals surface area contributed by atoms with Gasteiger partial charge in [-0.05, 0) is 71.1 Å². The predicted molar refractivity (Wildman–Crippen MR) is 171 cm³/mol. The quantitative estimate of drug-likeness (QED) is 0.214. The topological polar surface area (TPSA) is 68.9 Å². The molecule has 0 N–H and O–H groups in total. The highest BCUT2D eigenvalue weighted by Gasteiger charge is 2.18. The van der Waals surface area contributed by atoms with Crippen molar-refractivity contribution >= 4 is 16.4 Å². The van der Waals surface area contributed by atoms with Gasteiger partial charge in [0.15, 0.2) is 0 Å². The van der Waals surface area contributed by atoms with Crippen LogP contribution in [0.1, 0.15) is 0 Å². The summed E-state index contributed by atoms with van der Waals surface area (Å²) in [5.74, 6) is 0. The minimum atomic E-state index is 0.800. The van der Waals surface area contributed by atoms with Crippen LogP contribution in [0.25, 0.3) is 73.0 Å². The summed E-state index contributed by atoms with van der Waals surface area (Å²) in [7, 11) is 0. The molecule has 0 saturated carbocycles. The van der Waals surface area contributed by atoms with Crippen molar-refractivity contribution < 1.29 is 0 Å². The highest BCUT2D eigenvalue weighted by Crippen LogP contribution is 2.35. The molecule has 0 atom stereocenters. The van der Waals surface area contributed by atoms with Crippen molar-refractivity contribution in [1.82, 2.24) is 29.3 Å². The standard InChI is InChI=1S/C37H24N6/c1-2-10-28-24-40-34(21-27(28)9-1)36-37(43-20-8-5-13-35(43)42-36)26-16-14-25(15-17-26)29-22-32(30-11-3-6-18-38-30)41-33(23-29)31-12-4-7-19-39-31/h1-24H. The van der Waals surface area contributed by atoms with Crippen LogP contribution >= 0.6 is 0 Å². The molecule has 0 fully saturated rings. The molecule has 6 heterocycles. The number of hydrogen-bond acceptors (Lipinski definition) is 5. The summed E-state index contributed by atoms with van der Waals surface area (Å²) in [5.41, 5.74) is 9.97. The second-order valence-corrected chi connectivity index (χ2v) is 10.3. The van der Waals surface area contributed by atoms with Gasteiger partial charge in [-0.3, -0.25) is 19.4 Å². The van der Waals surface area contributed by atoms with Crippen molar-refractivity contribution in [3.05, 3.63) is 146 Å². The van der Waals surface area contributed by atoms with Gasteiger partial charge in [0.05, 0.1) is 34.2 Å². The summed E-state index contributed by atoms with van der Waals surface area (Å²) < 4.78 is 2.13. The van der Waals surface area contributed by atoms with E-state index in [0.29, 0.717) is 0 Å². The summed E-state index contributed by atoms with van der Waals surface area (Å²) in [4.78, 5) is 23.8.